The van der Waals surface area contributed by atoms with Crippen molar-refractivity contribution in [1.82, 2.24) is 4.90 Å². The lowest BCUT2D eigenvalue weighted by molar-refractivity contribution is 0.253. The van der Waals surface area contributed by atoms with Crippen molar-refractivity contribution in [3.8, 4) is 5.75 Å². The van der Waals surface area contributed by atoms with Crippen LogP contribution < -0.4 is 0 Å². The Morgan fingerprint density at radius 3 is 2.53 bits per heavy atom. The van der Waals surface area contributed by atoms with E-state index >= 15 is 0 Å². The summed E-state index contributed by atoms with van der Waals surface area (Å²) in [7, 11) is 2.16. The second-order valence-corrected chi connectivity index (χ2v) is 4.64. The van der Waals surface area contributed by atoms with Crippen LogP contribution in [-0.2, 0) is 0 Å². The number of piperidine rings is 1. The zero-order valence-corrected chi connectivity index (χ0v) is 9.53. The average Bonchev–Trinajstić information content (AvgIpc) is 2.20. The lowest BCUT2D eigenvalue weighted by atomic mass is 9.88. The maximum absolute atomic E-state index is 9.90. The van der Waals surface area contributed by atoms with Crippen molar-refractivity contribution in [2.24, 2.45) is 0 Å². The van der Waals surface area contributed by atoms with Gasteiger partial charge in [-0.05, 0) is 63.0 Å². The van der Waals surface area contributed by atoms with Gasteiger partial charge in [0.25, 0.3) is 0 Å². The highest BCUT2D eigenvalue weighted by Crippen LogP contribution is 2.33. The van der Waals surface area contributed by atoms with Crippen LogP contribution in [0.4, 0.5) is 0 Å². The molecule has 0 bridgehead atoms. The van der Waals surface area contributed by atoms with Gasteiger partial charge in [0.1, 0.15) is 5.75 Å². The van der Waals surface area contributed by atoms with Crippen LogP contribution >= 0.6 is 0 Å². The predicted molar refractivity (Wildman–Crippen MR) is 62.3 cm³/mol. The first-order valence-electron chi connectivity index (χ1n) is 5.65. The first-order chi connectivity index (χ1) is 7.16. The Hall–Kier alpha value is -1.02. The maximum Gasteiger partial charge on any atom is 0.119 e. The fourth-order valence-corrected chi connectivity index (χ4v) is 2.32. The van der Waals surface area contributed by atoms with Gasteiger partial charge in [0.05, 0.1) is 0 Å². The molecule has 1 N–H and O–H groups in total. The third-order valence-electron chi connectivity index (χ3n) is 3.34. The van der Waals surface area contributed by atoms with Crippen molar-refractivity contribution in [3.63, 3.8) is 0 Å². The average molecular weight is 205 g/mol. The van der Waals surface area contributed by atoms with Gasteiger partial charge in [-0.3, -0.25) is 0 Å². The molecule has 0 radical (unpaired) electrons. The van der Waals surface area contributed by atoms with Crippen LogP contribution in [0.1, 0.15) is 29.9 Å². The van der Waals surface area contributed by atoms with Crippen molar-refractivity contribution in [3.05, 3.63) is 29.3 Å². The van der Waals surface area contributed by atoms with Gasteiger partial charge < -0.3 is 10.0 Å². The Bertz CT molecular complexity index is 340. The summed E-state index contributed by atoms with van der Waals surface area (Å²) in [5.41, 5.74) is 2.26. The molecule has 82 valence electrons. The quantitative estimate of drug-likeness (QED) is 0.761. The van der Waals surface area contributed by atoms with Gasteiger partial charge in [0.15, 0.2) is 0 Å². The summed E-state index contributed by atoms with van der Waals surface area (Å²) in [4.78, 5) is 2.35. The standard InChI is InChI=1S/C13H19NO/c1-10-3-4-12(13(15)9-10)11-5-7-14(2)8-6-11/h3-4,9,11,15H,5-8H2,1-2H3. The van der Waals surface area contributed by atoms with Gasteiger partial charge in [-0.15, -0.1) is 0 Å². The van der Waals surface area contributed by atoms with Gasteiger partial charge >= 0.3 is 0 Å². The monoisotopic (exact) mass is 205 g/mol. The SMILES string of the molecule is Cc1ccc(C2CCN(C)CC2)c(O)c1. The zero-order valence-electron chi connectivity index (χ0n) is 9.53. The molecule has 1 aliphatic heterocycles. The molecule has 15 heavy (non-hydrogen) atoms. The minimum atomic E-state index is 0.476. The molecule has 0 saturated carbocycles. The van der Waals surface area contributed by atoms with Crippen LogP contribution in [0.3, 0.4) is 0 Å². The van der Waals surface area contributed by atoms with E-state index in [0.717, 1.165) is 37.1 Å². The highest BCUT2D eigenvalue weighted by Gasteiger charge is 2.20. The minimum absolute atomic E-state index is 0.476. The molecule has 1 saturated heterocycles. The molecule has 0 unspecified atom stereocenters. The maximum atomic E-state index is 9.90. The number of benzene rings is 1. The summed E-state index contributed by atoms with van der Waals surface area (Å²) >= 11 is 0. The van der Waals surface area contributed by atoms with Gasteiger partial charge in [-0.2, -0.15) is 0 Å². The van der Waals surface area contributed by atoms with Crippen LogP contribution in [0.5, 0.6) is 5.75 Å². The fraction of sp³-hybridized carbons (Fsp3) is 0.538. The van der Waals surface area contributed by atoms with Gasteiger partial charge in [0, 0.05) is 0 Å². The molecule has 2 heteroatoms. The first kappa shape index (κ1) is 10.5. The summed E-state index contributed by atoms with van der Waals surface area (Å²) in [6.07, 6.45) is 2.32. The highest BCUT2D eigenvalue weighted by atomic mass is 16.3. The molecule has 0 amide bonds. The molecule has 1 aliphatic rings. The molecule has 0 spiro atoms. The normalized spacial score (nSPS) is 19.3. The second-order valence-electron chi connectivity index (χ2n) is 4.64. The highest BCUT2D eigenvalue weighted by molar-refractivity contribution is 5.38. The molecule has 1 heterocycles. The fourth-order valence-electron chi connectivity index (χ4n) is 2.32. The van der Waals surface area contributed by atoms with E-state index in [2.05, 4.69) is 24.1 Å². The van der Waals surface area contributed by atoms with E-state index in [4.69, 9.17) is 0 Å². The van der Waals surface area contributed by atoms with Crippen LogP contribution in [0, 0.1) is 6.92 Å². The lowest BCUT2D eigenvalue weighted by Gasteiger charge is -2.29. The van der Waals surface area contributed by atoms with Gasteiger partial charge in [-0.1, -0.05) is 12.1 Å². The van der Waals surface area contributed by atoms with E-state index < -0.39 is 0 Å². The van der Waals surface area contributed by atoms with Crippen molar-refractivity contribution in [2.45, 2.75) is 25.7 Å². The van der Waals surface area contributed by atoms with E-state index in [1.54, 1.807) is 0 Å². The van der Waals surface area contributed by atoms with Crippen LogP contribution in [-0.4, -0.2) is 30.1 Å². The number of aryl methyl sites for hydroxylation is 1. The Morgan fingerprint density at radius 2 is 1.93 bits per heavy atom. The molecular weight excluding hydrogens is 186 g/mol. The van der Waals surface area contributed by atoms with Crippen LogP contribution in [0.2, 0.25) is 0 Å². The van der Waals surface area contributed by atoms with Crippen molar-refractivity contribution < 1.29 is 5.11 Å². The molecule has 1 aromatic carbocycles. The van der Waals surface area contributed by atoms with E-state index in [1.165, 1.54) is 0 Å². The molecule has 2 rings (SSSR count). The summed E-state index contributed by atoms with van der Waals surface area (Å²) in [6.45, 7) is 4.29. The number of hydrogen-bond donors (Lipinski definition) is 1. The predicted octanol–water partition coefficient (Wildman–Crippen LogP) is 2.51. The smallest absolute Gasteiger partial charge is 0.119 e. The van der Waals surface area contributed by atoms with Gasteiger partial charge in [0.2, 0.25) is 0 Å². The summed E-state index contributed by atoms with van der Waals surface area (Å²) in [5, 5.41) is 9.90. The molecule has 0 aliphatic carbocycles. The third kappa shape index (κ3) is 2.32. The molecule has 0 aromatic heterocycles. The van der Waals surface area contributed by atoms with Gasteiger partial charge in [-0.25, -0.2) is 0 Å². The van der Waals surface area contributed by atoms with Crippen molar-refractivity contribution >= 4 is 0 Å². The number of rotatable bonds is 1. The number of likely N-dealkylation sites (tertiary alicyclic amines) is 1. The summed E-state index contributed by atoms with van der Waals surface area (Å²) in [6, 6.07) is 6.04. The van der Waals surface area contributed by atoms with E-state index in [9.17, 15) is 5.11 Å². The molecule has 2 nitrogen and oxygen atoms in total. The number of hydrogen-bond acceptors (Lipinski definition) is 2. The van der Waals surface area contributed by atoms with E-state index in [0.29, 0.717) is 11.7 Å². The Balaban J connectivity index is 2.15. The number of nitrogens with zero attached hydrogens (tertiary/aromatic N) is 1. The topological polar surface area (TPSA) is 23.5 Å². The second kappa shape index (κ2) is 4.23. The van der Waals surface area contributed by atoms with Crippen LogP contribution in [0.15, 0.2) is 18.2 Å². The summed E-state index contributed by atoms with van der Waals surface area (Å²) in [5.74, 6) is 1.02. The largest absolute Gasteiger partial charge is 0.508 e. The molecule has 0 atom stereocenters. The molecule has 1 aromatic rings. The van der Waals surface area contributed by atoms with Crippen LogP contribution in [0.25, 0.3) is 0 Å². The van der Waals surface area contributed by atoms with Crippen molar-refractivity contribution in [2.75, 3.05) is 20.1 Å². The van der Waals surface area contributed by atoms with Crippen molar-refractivity contribution in [1.29, 1.82) is 0 Å². The number of phenols is 1. The Morgan fingerprint density at radius 1 is 1.27 bits per heavy atom. The van der Waals surface area contributed by atoms with E-state index in [-0.39, 0.29) is 0 Å². The number of phenolic OH excluding ortho intramolecular Hbond substituents is 1. The number of aromatic hydroxyl groups is 1. The zero-order chi connectivity index (χ0) is 10.8. The van der Waals surface area contributed by atoms with E-state index in [1.807, 2.05) is 13.0 Å². The first-order valence-corrected chi connectivity index (χ1v) is 5.65. The Kier molecular flexibility index (Phi) is 2.96. The minimum Gasteiger partial charge on any atom is -0.508 e. The lowest BCUT2D eigenvalue weighted by Crippen LogP contribution is -2.29. The molecular formula is C13H19NO. The molecule has 1 fully saturated rings. The Labute approximate surface area is 91.5 Å². The summed E-state index contributed by atoms with van der Waals surface area (Å²) < 4.78 is 0. The third-order valence-corrected chi connectivity index (χ3v) is 3.34.